The van der Waals surface area contributed by atoms with E-state index in [4.69, 9.17) is 10.2 Å². The minimum Gasteiger partial charge on any atom is -0.480 e. The van der Waals surface area contributed by atoms with Crippen molar-refractivity contribution >= 4 is 39.9 Å². The minimum atomic E-state index is -1.27. The highest BCUT2D eigenvalue weighted by molar-refractivity contribution is 9.10. The van der Waals surface area contributed by atoms with Crippen LogP contribution in [0.25, 0.3) is 6.08 Å². The third-order valence-electron chi connectivity index (χ3n) is 2.27. The maximum atomic E-state index is 11.8. The lowest BCUT2D eigenvalue weighted by atomic mass is 10.2. The predicted molar refractivity (Wildman–Crippen MR) is 75.0 cm³/mol. The zero-order valence-electron chi connectivity index (χ0n) is 10.3. The maximum Gasteiger partial charge on any atom is 0.323 e. The number of rotatable bonds is 6. The average Bonchev–Trinajstić information content (AvgIpc) is 2.35. The summed E-state index contributed by atoms with van der Waals surface area (Å²) in [5.74, 6) is -3.21. The first kappa shape index (κ1) is 15.9. The van der Waals surface area contributed by atoms with Gasteiger partial charge in [-0.25, -0.2) is 0 Å². The molecule has 0 aliphatic heterocycles. The molecule has 0 radical (unpaired) electrons. The Labute approximate surface area is 123 Å². The number of carbonyl (C=O) groups excluding carboxylic acids is 1. The molecule has 1 aromatic carbocycles. The fraction of sp³-hybridized carbons (Fsp3) is 0.154. The third-order valence-corrected chi connectivity index (χ3v) is 3.00. The van der Waals surface area contributed by atoms with Crippen LogP contribution in [-0.2, 0) is 14.4 Å². The van der Waals surface area contributed by atoms with E-state index < -0.39 is 30.9 Å². The summed E-state index contributed by atoms with van der Waals surface area (Å²) in [7, 11) is 0. The monoisotopic (exact) mass is 341 g/mol. The van der Waals surface area contributed by atoms with Crippen LogP contribution in [0.3, 0.4) is 0 Å². The standard InChI is InChI=1S/C13H12BrNO5/c14-10-4-2-1-3-9(10)5-6-11(16)15(7-12(17)18)8-13(19)20/h1-6H,7-8H2,(H,17,18)(H,19,20). The number of nitrogens with zero attached hydrogens (tertiary/aromatic N) is 1. The van der Waals surface area contributed by atoms with Gasteiger partial charge in [-0.1, -0.05) is 34.1 Å². The number of aliphatic carboxylic acids is 2. The average molecular weight is 342 g/mol. The summed E-state index contributed by atoms with van der Waals surface area (Å²) in [4.78, 5) is 33.7. The van der Waals surface area contributed by atoms with E-state index in [-0.39, 0.29) is 0 Å². The molecule has 7 heteroatoms. The van der Waals surface area contributed by atoms with Crippen LogP contribution in [0.2, 0.25) is 0 Å². The van der Waals surface area contributed by atoms with Gasteiger partial charge in [0.15, 0.2) is 0 Å². The van der Waals surface area contributed by atoms with Crippen LogP contribution in [0.15, 0.2) is 34.8 Å². The number of carboxylic acid groups (broad SMARTS) is 2. The Morgan fingerprint density at radius 3 is 2.15 bits per heavy atom. The summed E-state index contributed by atoms with van der Waals surface area (Å²) in [6.07, 6.45) is 2.63. The third kappa shape index (κ3) is 5.23. The molecule has 6 nitrogen and oxygen atoms in total. The summed E-state index contributed by atoms with van der Waals surface area (Å²) in [5, 5.41) is 17.3. The molecule has 0 heterocycles. The van der Waals surface area contributed by atoms with E-state index in [9.17, 15) is 14.4 Å². The molecule has 106 valence electrons. The molecule has 0 saturated carbocycles. The van der Waals surface area contributed by atoms with Crippen LogP contribution >= 0.6 is 15.9 Å². The van der Waals surface area contributed by atoms with Gasteiger partial charge in [0.1, 0.15) is 13.1 Å². The fourth-order valence-corrected chi connectivity index (χ4v) is 1.83. The topological polar surface area (TPSA) is 94.9 Å². The second-order valence-corrected chi connectivity index (χ2v) is 4.69. The van der Waals surface area contributed by atoms with Gasteiger partial charge in [-0.3, -0.25) is 14.4 Å². The molecule has 1 amide bonds. The van der Waals surface area contributed by atoms with E-state index in [1.807, 2.05) is 6.07 Å². The molecule has 0 spiro atoms. The van der Waals surface area contributed by atoms with Crippen molar-refractivity contribution in [2.24, 2.45) is 0 Å². The van der Waals surface area contributed by atoms with Gasteiger partial charge in [0.2, 0.25) is 5.91 Å². The van der Waals surface area contributed by atoms with Crippen LogP contribution in [0.1, 0.15) is 5.56 Å². The molecule has 20 heavy (non-hydrogen) atoms. The van der Waals surface area contributed by atoms with Crippen molar-refractivity contribution < 1.29 is 24.6 Å². The maximum absolute atomic E-state index is 11.8. The molecule has 1 aromatic rings. The lowest BCUT2D eigenvalue weighted by molar-refractivity contribution is -0.147. The number of carboxylic acids is 2. The van der Waals surface area contributed by atoms with E-state index in [2.05, 4.69) is 15.9 Å². The zero-order valence-corrected chi connectivity index (χ0v) is 11.9. The Hall–Kier alpha value is -2.15. The van der Waals surface area contributed by atoms with Gasteiger partial charge in [0.25, 0.3) is 0 Å². The molecule has 0 fully saturated rings. The Morgan fingerprint density at radius 2 is 1.65 bits per heavy atom. The summed E-state index contributed by atoms with van der Waals surface area (Å²) >= 11 is 3.30. The van der Waals surface area contributed by atoms with E-state index in [0.29, 0.717) is 0 Å². The Morgan fingerprint density at radius 1 is 1.10 bits per heavy atom. The van der Waals surface area contributed by atoms with Gasteiger partial charge in [-0.05, 0) is 17.7 Å². The van der Waals surface area contributed by atoms with Gasteiger partial charge in [0.05, 0.1) is 0 Å². The molecular formula is C13H12BrNO5. The van der Waals surface area contributed by atoms with E-state index in [0.717, 1.165) is 21.0 Å². The second kappa shape index (κ2) is 7.44. The number of amides is 1. The van der Waals surface area contributed by atoms with Gasteiger partial charge < -0.3 is 15.1 Å². The van der Waals surface area contributed by atoms with Crippen LogP contribution < -0.4 is 0 Å². The number of hydrogen-bond acceptors (Lipinski definition) is 3. The first-order valence-electron chi connectivity index (χ1n) is 5.55. The normalized spacial score (nSPS) is 10.4. The molecule has 0 atom stereocenters. The van der Waals surface area contributed by atoms with Gasteiger partial charge in [-0.2, -0.15) is 0 Å². The molecule has 1 rings (SSSR count). The van der Waals surface area contributed by atoms with Crippen molar-refractivity contribution in [1.29, 1.82) is 0 Å². The van der Waals surface area contributed by atoms with Gasteiger partial charge >= 0.3 is 11.9 Å². The molecule has 0 aromatic heterocycles. The Balaban J connectivity index is 2.82. The quantitative estimate of drug-likeness (QED) is 0.764. The summed E-state index contributed by atoms with van der Waals surface area (Å²) in [6, 6.07) is 7.13. The summed E-state index contributed by atoms with van der Waals surface area (Å²) < 4.78 is 0.770. The summed E-state index contributed by atoms with van der Waals surface area (Å²) in [5.41, 5.74) is 0.728. The highest BCUT2D eigenvalue weighted by Crippen LogP contribution is 2.17. The van der Waals surface area contributed by atoms with Crippen LogP contribution in [0, 0.1) is 0 Å². The lowest BCUT2D eigenvalue weighted by Crippen LogP contribution is -2.38. The number of benzene rings is 1. The van der Waals surface area contributed by atoms with Crippen LogP contribution in [0.4, 0.5) is 0 Å². The smallest absolute Gasteiger partial charge is 0.323 e. The second-order valence-electron chi connectivity index (χ2n) is 3.84. The number of halogens is 1. The van der Waals surface area contributed by atoms with Crippen molar-refractivity contribution in [2.45, 2.75) is 0 Å². The van der Waals surface area contributed by atoms with Crippen LogP contribution in [-0.4, -0.2) is 46.0 Å². The minimum absolute atomic E-state index is 0.661. The number of hydrogen-bond donors (Lipinski definition) is 2. The highest BCUT2D eigenvalue weighted by Gasteiger charge is 2.17. The molecule has 0 unspecified atom stereocenters. The zero-order chi connectivity index (χ0) is 15.1. The predicted octanol–water partition coefficient (Wildman–Crippen LogP) is 1.46. The Kier molecular flexibility index (Phi) is 5.92. The van der Waals surface area contributed by atoms with Crippen molar-refractivity contribution in [3.05, 3.63) is 40.4 Å². The first-order chi connectivity index (χ1) is 9.40. The van der Waals surface area contributed by atoms with E-state index >= 15 is 0 Å². The molecule has 0 aliphatic rings. The van der Waals surface area contributed by atoms with E-state index in [1.165, 1.54) is 6.08 Å². The molecule has 2 N–H and O–H groups in total. The van der Waals surface area contributed by atoms with E-state index in [1.54, 1.807) is 18.2 Å². The highest BCUT2D eigenvalue weighted by atomic mass is 79.9. The van der Waals surface area contributed by atoms with Crippen molar-refractivity contribution in [3.63, 3.8) is 0 Å². The largest absolute Gasteiger partial charge is 0.480 e. The molecule has 0 aliphatic carbocycles. The van der Waals surface area contributed by atoms with Gasteiger partial charge in [-0.15, -0.1) is 0 Å². The SMILES string of the molecule is O=C(O)CN(CC(=O)O)C(=O)C=Cc1ccccc1Br. The van der Waals surface area contributed by atoms with Crippen molar-refractivity contribution in [1.82, 2.24) is 4.90 Å². The molecular weight excluding hydrogens is 330 g/mol. The lowest BCUT2D eigenvalue weighted by Gasteiger charge is -2.16. The summed E-state index contributed by atoms with van der Waals surface area (Å²) in [6.45, 7) is -1.32. The molecule has 0 saturated heterocycles. The van der Waals surface area contributed by atoms with Crippen molar-refractivity contribution in [2.75, 3.05) is 13.1 Å². The Bertz CT molecular complexity index is 539. The first-order valence-corrected chi connectivity index (χ1v) is 6.34. The number of carbonyl (C=O) groups is 3. The molecule has 0 bridgehead atoms. The van der Waals surface area contributed by atoms with Crippen LogP contribution in [0.5, 0.6) is 0 Å². The van der Waals surface area contributed by atoms with Crippen molar-refractivity contribution in [3.8, 4) is 0 Å². The fourth-order valence-electron chi connectivity index (χ4n) is 1.42. The van der Waals surface area contributed by atoms with Gasteiger partial charge in [0, 0.05) is 10.5 Å².